The molecule has 2 aromatic rings. The number of hydrogen-bond acceptors (Lipinski definition) is 9. The Labute approximate surface area is 226 Å². The van der Waals surface area contributed by atoms with Crippen LogP contribution in [0.2, 0.25) is 0 Å². The fourth-order valence-electron chi connectivity index (χ4n) is 2.88. The Hall–Kier alpha value is -4.39. The average molecular weight is 570 g/mol. The maximum atomic E-state index is 13.8. The largest absolute Gasteiger partial charge is 0.573 e. The first-order valence-electron chi connectivity index (χ1n) is 11.7. The van der Waals surface area contributed by atoms with Crippen molar-refractivity contribution in [1.82, 2.24) is 0 Å². The Kier molecular flexibility index (Phi) is 12.6. The van der Waals surface area contributed by atoms with Gasteiger partial charge in [-0.2, -0.15) is 0 Å². The predicted octanol–water partition coefficient (Wildman–Crippen LogP) is 4.95. The maximum absolute atomic E-state index is 13.8. The second kappa shape index (κ2) is 15.9. The molecule has 0 amide bonds. The Morgan fingerprint density at radius 3 is 2.15 bits per heavy atom. The zero-order chi connectivity index (χ0) is 29.5. The topological polar surface area (TPSA) is 107 Å². The van der Waals surface area contributed by atoms with E-state index in [1.54, 1.807) is 0 Å². The van der Waals surface area contributed by atoms with Gasteiger partial charge < -0.3 is 28.4 Å². The first-order valence-corrected chi connectivity index (χ1v) is 11.7. The van der Waals surface area contributed by atoms with E-state index < -0.39 is 41.9 Å². The minimum Gasteiger partial charge on any atom is -0.494 e. The molecule has 0 radical (unpaired) electrons. The van der Waals surface area contributed by atoms with E-state index in [1.807, 2.05) is 0 Å². The maximum Gasteiger partial charge on any atom is 0.573 e. The molecular formula is C27H26F4O9. The van der Waals surface area contributed by atoms with Crippen molar-refractivity contribution < 1.29 is 60.4 Å². The molecule has 2 rings (SSSR count). The number of rotatable bonds is 16. The third-order valence-electron chi connectivity index (χ3n) is 4.71. The van der Waals surface area contributed by atoms with Crippen LogP contribution in [0.25, 0.3) is 0 Å². The first-order chi connectivity index (χ1) is 19.0. The molecule has 0 aliphatic rings. The van der Waals surface area contributed by atoms with Crippen molar-refractivity contribution in [2.24, 2.45) is 0 Å². The Bertz CT molecular complexity index is 1160. The summed E-state index contributed by atoms with van der Waals surface area (Å²) in [5, 5.41) is 0. The van der Waals surface area contributed by atoms with Crippen LogP contribution in [-0.2, 0) is 23.8 Å². The molecule has 0 saturated heterocycles. The van der Waals surface area contributed by atoms with Gasteiger partial charge in [-0.05, 0) is 49.2 Å². The molecule has 1 unspecified atom stereocenters. The summed E-state index contributed by atoms with van der Waals surface area (Å²) in [6.45, 7) is 7.02. The highest BCUT2D eigenvalue weighted by atomic mass is 19.4. The van der Waals surface area contributed by atoms with Crippen LogP contribution < -0.4 is 14.2 Å². The van der Waals surface area contributed by atoms with Crippen LogP contribution in [0.4, 0.5) is 17.6 Å². The van der Waals surface area contributed by atoms with Gasteiger partial charge in [0.25, 0.3) is 0 Å². The molecule has 216 valence electrons. The summed E-state index contributed by atoms with van der Waals surface area (Å²) in [7, 11) is 0. The van der Waals surface area contributed by atoms with Gasteiger partial charge >= 0.3 is 24.3 Å². The lowest BCUT2D eigenvalue weighted by Gasteiger charge is -2.17. The number of halogens is 4. The summed E-state index contributed by atoms with van der Waals surface area (Å²) in [5.74, 6) is -4.44. The summed E-state index contributed by atoms with van der Waals surface area (Å²) in [4.78, 5) is 34.8. The highest BCUT2D eigenvalue weighted by Crippen LogP contribution is 2.28. The molecule has 9 nitrogen and oxygen atoms in total. The number of benzene rings is 2. The van der Waals surface area contributed by atoms with Gasteiger partial charge in [-0.3, -0.25) is 0 Å². The first kappa shape index (κ1) is 31.8. The van der Waals surface area contributed by atoms with E-state index in [9.17, 15) is 31.9 Å². The van der Waals surface area contributed by atoms with Crippen molar-refractivity contribution in [3.05, 3.63) is 79.2 Å². The summed E-state index contributed by atoms with van der Waals surface area (Å²) in [5.41, 5.74) is 0.0993. The average Bonchev–Trinajstić information content (AvgIpc) is 2.91. The highest BCUT2D eigenvalue weighted by molar-refractivity contribution is 5.91. The number of carbonyl (C=O) groups excluding carboxylic acids is 3. The van der Waals surface area contributed by atoms with Crippen LogP contribution >= 0.6 is 0 Å². The number of esters is 3. The van der Waals surface area contributed by atoms with Gasteiger partial charge in [-0.15, -0.1) is 13.2 Å². The minimum absolute atomic E-state index is 0.000539. The van der Waals surface area contributed by atoms with Gasteiger partial charge in [0, 0.05) is 24.8 Å². The van der Waals surface area contributed by atoms with Crippen LogP contribution in [0.3, 0.4) is 0 Å². The number of carbonyl (C=O) groups is 3. The summed E-state index contributed by atoms with van der Waals surface area (Å²) >= 11 is 0. The Morgan fingerprint density at radius 2 is 1.52 bits per heavy atom. The molecule has 0 heterocycles. The van der Waals surface area contributed by atoms with Crippen molar-refractivity contribution in [3.8, 4) is 17.2 Å². The van der Waals surface area contributed by atoms with Crippen LogP contribution in [0, 0.1) is 5.82 Å². The number of alkyl halides is 3. The summed E-state index contributed by atoms with van der Waals surface area (Å²) < 4.78 is 80.0. The molecule has 2 aromatic carbocycles. The van der Waals surface area contributed by atoms with Crippen LogP contribution in [-0.4, -0.2) is 56.8 Å². The third-order valence-corrected chi connectivity index (χ3v) is 4.71. The SMILES string of the molecule is C=CC(=O)OCC(COCCCCOc1ccc(C(=O)Oc2ccc(OC(F)(F)F)c(F)c2)cc1)OC(=O)C=C. The monoisotopic (exact) mass is 570 g/mol. The second-order valence-corrected chi connectivity index (χ2v) is 7.78. The zero-order valence-electron chi connectivity index (χ0n) is 21.1. The van der Waals surface area contributed by atoms with Gasteiger partial charge in [0.2, 0.25) is 0 Å². The fraction of sp³-hybridized carbons (Fsp3) is 0.296. The third kappa shape index (κ3) is 12.0. The van der Waals surface area contributed by atoms with Crippen molar-refractivity contribution in [3.63, 3.8) is 0 Å². The molecule has 13 heteroatoms. The van der Waals surface area contributed by atoms with E-state index in [0.29, 0.717) is 43.9 Å². The molecule has 0 aliphatic carbocycles. The smallest absolute Gasteiger partial charge is 0.494 e. The number of hydrogen-bond donors (Lipinski definition) is 0. The van der Waals surface area contributed by atoms with Gasteiger partial charge in [0.15, 0.2) is 17.7 Å². The molecule has 0 spiro atoms. The van der Waals surface area contributed by atoms with E-state index in [2.05, 4.69) is 17.9 Å². The van der Waals surface area contributed by atoms with E-state index >= 15 is 0 Å². The number of unbranched alkanes of at least 4 members (excludes halogenated alkanes) is 1. The quantitative estimate of drug-likeness (QED) is 0.0912. The normalized spacial score (nSPS) is 11.6. The number of ether oxygens (including phenoxy) is 6. The molecular weight excluding hydrogens is 544 g/mol. The lowest BCUT2D eigenvalue weighted by molar-refractivity contribution is -0.275. The van der Waals surface area contributed by atoms with Gasteiger partial charge in [-0.25, -0.2) is 18.8 Å². The fourth-order valence-corrected chi connectivity index (χ4v) is 2.88. The molecule has 40 heavy (non-hydrogen) atoms. The molecule has 0 fully saturated rings. The summed E-state index contributed by atoms with van der Waals surface area (Å²) in [6, 6.07) is 8.10. The van der Waals surface area contributed by atoms with E-state index in [-0.39, 0.29) is 24.5 Å². The van der Waals surface area contributed by atoms with Gasteiger partial charge in [-0.1, -0.05) is 13.2 Å². The molecule has 0 saturated carbocycles. The summed E-state index contributed by atoms with van der Waals surface area (Å²) in [6.07, 6.45) is -2.70. The van der Waals surface area contributed by atoms with Crippen LogP contribution in [0.15, 0.2) is 67.8 Å². The standard InChI is InChI=1S/C27H26F4O9/c1-3-24(32)37-17-21(38-25(33)4-2)16-35-13-5-6-14-36-19-9-7-18(8-10-19)26(34)39-20-11-12-23(22(28)15-20)40-27(29,30)31/h3-4,7-12,15,21H,1-2,5-6,13-14,16-17H2. The van der Waals surface area contributed by atoms with E-state index in [4.69, 9.17) is 23.7 Å². The van der Waals surface area contributed by atoms with Gasteiger partial charge in [0.1, 0.15) is 18.1 Å². The minimum atomic E-state index is -5.06. The van der Waals surface area contributed by atoms with Gasteiger partial charge in [0.05, 0.1) is 18.8 Å². The molecule has 0 N–H and O–H groups in total. The molecule has 1 atom stereocenters. The lowest BCUT2D eigenvalue weighted by atomic mass is 10.2. The Balaban J connectivity index is 1.71. The van der Waals surface area contributed by atoms with Crippen LogP contribution in [0.1, 0.15) is 23.2 Å². The van der Waals surface area contributed by atoms with E-state index in [1.165, 1.54) is 24.3 Å². The van der Waals surface area contributed by atoms with Crippen molar-refractivity contribution in [2.45, 2.75) is 25.3 Å². The van der Waals surface area contributed by atoms with Crippen molar-refractivity contribution in [1.29, 1.82) is 0 Å². The van der Waals surface area contributed by atoms with E-state index in [0.717, 1.165) is 18.2 Å². The van der Waals surface area contributed by atoms with Crippen molar-refractivity contribution in [2.75, 3.05) is 26.4 Å². The van der Waals surface area contributed by atoms with Crippen molar-refractivity contribution >= 4 is 17.9 Å². The molecule has 0 aliphatic heterocycles. The Morgan fingerprint density at radius 1 is 0.875 bits per heavy atom. The highest BCUT2D eigenvalue weighted by Gasteiger charge is 2.32. The molecule has 0 bridgehead atoms. The second-order valence-electron chi connectivity index (χ2n) is 7.78. The predicted molar refractivity (Wildman–Crippen MR) is 131 cm³/mol. The zero-order valence-corrected chi connectivity index (χ0v) is 21.1. The molecule has 0 aromatic heterocycles. The van der Waals surface area contributed by atoms with Crippen LogP contribution in [0.5, 0.6) is 17.2 Å². The lowest BCUT2D eigenvalue weighted by Crippen LogP contribution is -2.29.